The molecule has 1 aliphatic rings. The molecular formula is C18H24N4O3. The number of aliphatic hydroxyl groups is 1. The number of likely N-dealkylation sites (tertiary alicyclic amines) is 1. The van der Waals surface area contributed by atoms with Gasteiger partial charge in [-0.05, 0) is 56.6 Å². The van der Waals surface area contributed by atoms with Crippen LogP contribution in [0.3, 0.4) is 0 Å². The van der Waals surface area contributed by atoms with Crippen molar-refractivity contribution in [3.63, 3.8) is 0 Å². The minimum Gasteiger partial charge on any atom is -0.491 e. The number of ether oxygens (including phenoxy) is 1. The van der Waals surface area contributed by atoms with Crippen LogP contribution in [0.4, 0.5) is 0 Å². The fourth-order valence-electron chi connectivity index (χ4n) is 3.08. The van der Waals surface area contributed by atoms with Gasteiger partial charge in [0.2, 0.25) is 0 Å². The highest BCUT2D eigenvalue weighted by atomic mass is 16.5. The lowest BCUT2D eigenvalue weighted by atomic mass is 10.1. The summed E-state index contributed by atoms with van der Waals surface area (Å²) in [5, 5.41) is 14.2. The Morgan fingerprint density at radius 2 is 2.08 bits per heavy atom. The van der Waals surface area contributed by atoms with Gasteiger partial charge in [-0.2, -0.15) is 0 Å². The van der Waals surface area contributed by atoms with Crippen LogP contribution in [-0.2, 0) is 0 Å². The topological polar surface area (TPSA) is 93.6 Å². The zero-order valence-corrected chi connectivity index (χ0v) is 14.3. The monoisotopic (exact) mass is 344 g/mol. The second-order valence-electron chi connectivity index (χ2n) is 6.48. The van der Waals surface area contributed by atoms with Gasteiger partial charge in [-0.1, -0.05) is 0 Å². The summed E-state index contributed by atoms with van der Waals surface area (Å²) in [6, 6.07) is 10.9. The highest BCUT2D eigenvalue weighted by molar-refractivity contribution is 5.59. The minimum atomic E-state index is -0.511. The van der Waals surface area contributed by atoms with Crippen LogP contribution >= 0.6 is 0 Å². The van der Waals surface area contributed by atoms with E-state index in [1.165, 1.54) is 18.9 Å². The summed E-state index contributed by atoms with van der Waals surface area (Å²) in [7, 11) is 0. The second kappa shape index (κ2) is 7.67. The van der Waals surface area contributed by atoms with E-state index in [1.807, 2.05) is 24.3 Å². The molecule has 1 saturated heterocycles. The zero-order valence-electron chi connectivity index (χ0n) is 14.3. The van der Waals surface area contributed by atoms with Crippen LogP contribution in [0.1, 0.15) is 19.8 Å². The summed E-state index contributed by atoms with van der Waals surface area (Å²) >= 11 is 0. The van der Waals surface area contributed by atoms with Gasteiger partial charge in [0.15, 0.2) is 0 Å². The molecule has 1 unspecified atom stereocenters. The first-order valence-electron chi connectivity index (χ1n) is 8.54. The Morgan fingerprint density at radius 1 is 1.32 bits per heavy atom. The predicted octanol–water partition coefficient (Wildman–Crippen LogP) is 0.848. The number of hydrogen-bond acceptors (Lipinski definition) is 6. The van der Waals surface area contributed by atoms with Crippen molar-refractivity contribution in [3.8, 4) is 17.0 Å². The average Bonchev–Trinajstić information content (AvgIpc) is 3.01. The lowest BCUT2D eigenvalue weighted by Crippen LogP contribution is -2.37. The van der Waals surface area contributed by atoms with Gasteiger partial charge in [0.1, 0.15) is 18.5 Å². The van der Waals surface area contributed by atoms with Crippen LogP contribution in [0, 0.1) is 0 Å². The number of nitrogens with zero attached hydrogens (tertiary/aromatic N) is 3. The summed E-state index contributed by atoms with van der Waals surface area (Å²) in [5.41, 5.74) is 1.08. The first kappa shape index (κ1) is 17.4. The first-order chi connectivity index (χ1) is 12.0. The van der Waals surface area contributed by atoms with E-state index >= 15 is 0 Å². The minimum absolute atomic E-state index is 0.258. The fraction of sp³-hybridized carbons (Fsp3) is 0.444. The molecule has 25 heavy (non-hydrogen) atoms. The third-order valence-electron chi connectivity index (χ3n) is 4.55. The molecule has 2 atom stereocenters. The van der Waals surface area contributed by atoms with E-state index in [4.69, 9.17) is 10.6 Å². The standard InChI is InChI=1S/C18H24N4O3/c1-13-3-2-10-21(13)11-15(23)12-25-16-6-4-14(5-7-16)17-8-9-18(24)22(19)20-17/h4-9,13,15,23H,2-3,10-12,19H2,1H3/t13-,15?/m1/s1. The molecule has 0 saturated carbocycles. The van der Waals surface area contributed by atoms with Gasteiger partial charge in [0.25, 0.3) is 5.56 Å². The number of benzene rings is 1. The summed E-state index contributed by atoms with van der Waals surface area (Å²) in [5.74, 6) is 6.16. The molecule has 0 spiro atoms. The Hall–Kier alpha value is -2.38. The van der Waals surface area contributed by atoms with Crippen LogP contribution in [0.25, 0.3) is 11.3 Å². The highest BCUT2D eigenvalue weighted by Crippen LogP contribution is 2.20. The fourth-order valence-corrected chi connectivity index (χ4v) is 3.08. The lowest BCUT2D eigenvalue weighted by Gasteiger charge is -2.24. The normalized spacial score (nSPS) is 19.0. The molecule has 134 valence electrons. The number of aliphatic hydroxyl groups excluding tert-OH is 1. The van der Waals surface area contributed by atoms with E-state index < -0.39 is 6.10 Å². The van der Waals surface area contributed by atoms with Gasteiger partial charge in [0, 0.05) is 24.2 Å². The van der Waals surface area contributed by atoms with Gasteiger partial charge < -0.3 is 15.7 Å². The number of aromatic nitrogens is 2. The quantitative estimate of drug-likeness (QED) is 0.755. The number of nitrogens with two attached hydrogens (primary N) is 1. The molecule has 0 amide bonds. The molecule has 0 bridgehead atoms. The van der Waals surface area contributed by atoms with Gasteiger partial charge in [0.05, 0.1) is 5.69 Å². The van der Waals surface area contributed by atoms with Gasteiger partial charge in [-0.15, -0.1) is 9.89 Å². The maximum absolute atomic E-state index is 11.3. The highest BCUT2D eigenvalue weighted by Gasteiger charge is 2.22. The Labute approximate surface area is 146 Å². The maximum atomic E-state index is 11.3. The molecule has 7 nitrogen and oxygen atoms in total. The molecule has 3 rings (SSSR count). The van der Waals surface area contributed by atoms with E-state index in [2.05, 4.69) is 16.9 Å². The van der Waals surface area contributed by atoms with Crippen molar-refractivity contribution in [3.05, 3.63) is 46.8 Å². The van der Waals surface area contributed by atoms with E-state index in [0.29, 0.717) is 24.0 Å². The molecule has 1 aromatic carbocycles. The predicted molar refractivity (Wildman–Crippen MR) is 95.9 cm³/mol. The van der Waals surface area contributed by atoms with E-state index in [0.717, 1.165) is 16.9 Å². The van der Waals surface area contributed by atoms with Crippen molar-refractivity contribution >= 4 is 0 Å². The molecule has 2 aromatic rings. The third kappa shape index (κ3) is 4.37. The SMILES string of the molecule is C[C@@H]1CCCN1CC(O)COc1ccc(-c2ccc(=O)n(N)n2)cc1. The Morgan fingerprint density at radius 3 is 2.72 bits per heavy atom. The van der Waals surface area contributed by atoms with Crippen LogP contribution in [0.2, 0.25) is 0 Å². The van der Waals surface area contributed by atoms with Crippen molar-refractivity contribution in [1.82, 2.24) is 14.8 Å². The summed E-state index contributed by atoms with van der Waals surface area (Å²) in [6.45, 7) is 4.14. The van der Waals surface area contributed by atoms with E-state index in [9.17, 15) is 9.90 Å². The molecule has 1 aliphatic heterocycles. The Balaban J connectivity index is 1.55. The number of rotatable bonds is 6. The van der Waals surface area contributed by atoms with Crippen LogP contribution in [0.15, 0.2) is 41.2 Å². The third-order valence-corrected chi connectivity index (χ3v) is 4.55. The van der Waals surface area contributed by atoms with Crippen molar-refractivity contribution in [2.75, 3.05) is 25.5 Å². The molecule has 0 radical (unpaired) electrons. The molecule has 1 aromatic heterocycles. The van der Waals surface area contributed by atoms with Crippen molar-refractivity contribution < 1.29 is 9.84 Å². The zero-order chi connectivity index (χ0) is 17.8. The molecule has 1 fully saturated rings. The van der Waals surface area contributed by atoms with Crippen LogP contribution in [-0.4, -0.2) is 51.7 Å². The maximum Gasteiger partial charge on any atom is 0.285 e. The summed E-state index contributed by atoms with van der Waals surface area (Å²) in [4.78, 5) is 14.4. The average molecular weight is 344 g/mol. The Kier molecular flexibility index (Phi) is 5.35. The van der Waals surface area contributed by atoms with Crippen molar-refractivity contribution in [2.45, 2.75) is 31.9 Å². The van der Waals surface area contributed by atoms with E-state index in [-0.39, 0.29) is 12.2 Å². The first-order valence-corrected chi connectivity index (χ1v) is 8.54. The number of β-amino-alcohol motifs (C(OH)–C–C–N with tert-alkyl or cyclic N) is 1. The van der Waals surface area contributed by atoms with Gasteiger partial charge >= 0.3 is 0 Å². The smallest absolute Gasteiger partial charge is 0.285 e. The molecule has 3 N–H and O–H groups in total. The number of hydrogen-bond donors (Lipinski definition) is 2. The van der Waals surface area contributed by atoms with Crippen LogP contribution < -0.4 is 16.1 Å². The molecule has 7 heteroatoms. The van der Waals surface area contributed by atoms with E-state index in [1.54, 1.807) is 6.07 Å². The van der Waals surface area contributed by atoms with Crippen LogP contribution in [0.5, 0.6) is 5.75 Å². The van der Waals surface area contributed by atoms with Crippen molar-refractivity contribution in [2.24, 2.45) is 0 Å². The van der Waals surface area contributed by atoms with Gasteiger partial charge in [-0.3, -0.25) is 9.69 Å². The lowest BCUT2D eigenvalue weighted by molar-refractivity contribution is 0.0662. The van der Waals surface area contributed by atoms with Gasteiger partial charge in [-0.25, -0.2) is 0 Å². The molecule has 0 aliphatic carbocycles. The summed E-state index contributed by atoms with van der Waals surface area (Å²) in [6.07, 6.45) is 1.88. The number of nitrogen functional groups attached to an aromatic ring is 1. The second-order valence-corrected chi connectivity index (χ2v) is 6.48. The largest absolute Gasteiger partial charge is 0.491 e. The van der Waals surface area contributed by atoms with Crippen molar-refractivity contribution in [1.29, 1.82) is 0 Å². The molecule has 2 heterocycles. The Bertz CT molecular complexity index is 760. The summed E-state index contributed by atoms with van der Waals surface area (Å²) < 4.78 is 5.67. The molecular weight excluding hydrogens is 320 g/mol.